The molecule has 4 heteroatoms. The SMILES string of the molecule is CC1=C(/C=C/C(C)=C/C=C/C(C)=C/C(=O)Nc2ccc(NC(=O)/C=C(C)/C=C/C=C(C)/C=C/C3=C(C)CCCC3(C)C)cc2)C(C)(C)CCC1. The van der Waals surface area contributed by atoms with E-state index in [2.05, 4.69) is 102 Å². The normalized spacial score (nSPS) is 19.4. The number of hydrogen-bond donors (Lipinski definition) is 2. The van der Waals surface area contributed by atoms with Gasteiger partial charge in [0.2, 0.25) is 11.8 Å². The lowest BCUT2D eigenvalue weighted by atomic mass is 9.72. The number of carbonyl (C=O) groups excluding carboxylic acids is 2. The van der Waals surface area contributed by atoms with E-state index in [0.29, 0.717) is 11.4 Å². The molecule has 0 aliphatic heterocycles. The number of benzene rings is 1. The number of carbonyl (C=O) groups is 2. The zero-order valence-electron chi connectivity index (χ0n) is 32.3. The molecule has 2 N–H and O–H groups in total. The lowest BCUT2D eigenvalue weighted by molar-refractivity contribution is -0.112. The fourth-order valence-corrected chi connectivity index (χ4v) is 6.77. The fourth-order valence-electron chi connectivity index (χ4n) is 6.77. The molecule has 0 heterocycles. The Bertz CT molecular complexity index is 1580. The minimum atomic E-state index is -0.207. The Morgan fingerprint density at radius 2 is 0.940 bits per heavy atom. The predicted molar refractivity (Wildman–Crippen MR) is 216 cm³/mol. The lowest BCUT2D eigenvalue weighted by Crippen LogP contribution is -2.19. The summed E-state index contributed by atoms with van der Waals surface area (Å²) < 4.78 is 0. The smallest absolute Gasteiger partial charge is 0.248 e. The van der Waals surface area contributed by atoms with Gasteiger partial charge in [-0.1, -0.05) is 111 Å². The van der Waals surface area contributed by atoms with Crippen LogP contribution < -0.4 is 10.6 Å². The Labute approximate surface area is 303 Å². The molecular weight excluding hydrogens is 613 g/mol. The first-order valence-corrected chi connectivity index (χ1v) is 18.1. The molecule has 3 rings (SSSR count). The highest BCUT2D eigenvalue weighted by molar-refractivity contribution is 6.01. The maximum absolute atomic E-state index is 12.6. The summed E-state index contributed by atoms with van der Waals surface area (Å²) in [6.07, 6.45) is 31.3. The summed E-state index contributed by atoms with van der Waals surface area (Å²) in [5.74, 6) is -0.414. The van der Waals surface area contributed by atoms with Gasteiger partial charge in [-0.2, -0.15) is 0 Å². The summed E-state index contributed by atoms with van der Waals surface area (Å²) in [5, 5.41) is 5.78. The van der Waals surface area contributed by atoms with Crippen LogP contribution in [0.15, 0.2) is 142 Å². The van der Waals surface area contributed by atoms with Crippen LogP contribution in [0.2, 0.25) is 0 Å². The van der Waals surface area contributed by atoms with Gasteiger partial charge in [-0.05, 0) is 137 Å². The second kappa shape index (κ2) is 18.5. The van der Waals surface area contributed by atoms with Crippen LogP contribution in [0.4, 0.5) is 11.4 Å². The predicted octanol–water partition coefficient (Wildman–Crippen LogP) is 12.6. The third-order valence-corrected chi connectivity index (χ3v) is 9.68. The molecule has 2 aliphatic carbocycles. The second-order valence-corrected chi connectivity index (χ2v) is 15.4. The number of hydrogen-bond acceptors (Lipinski definition) is 2. The molecular formula is C46H60N2O2. The third kappa shape index (κ3) is 13.1. The molecule has 0 saturated heterocycles. The molecule has 0 spiro atoms. The molecule has 0 bridgehead atoms. The molecule has 2 aliphatic rings. The molecule has 4 nitrogen and oxygen atoms in total. The largest absolute Gasteiger partial charge is 0.323 e. The Kier molecular flexibility index (Phi) is 14.8. The van der Waals surface area contributed by atoms with Crippen molar-refractivity contribution < 1.29 is 9.59 Å². The molecule has 2 amide bonds. The topological polar surface area (TPSA) is 58.2 Å². The van der Waals surface area contributed by atoms with Crippen molar-refractivity contribution in [3.8, 4) is 0 Å². The summed E-state index contributed by atoms with van der Waals surface area (Å²) in [6.45, 7) is 21.8. The maximum atomic E-state index is 12.6. The van der Waals surface area contributed by atoms with Crippen LogP contribution in [-0.4, -0.2) is 11.8 Å². The van der Waals surface area contributed by atoms with Gasteiger partial charge in [-0.15, -0.1) is 0 Å². The quantitative estimate of drug-likeness (QED) is 0.171. The van der Waals surface area contributed by atoms with Crippen molar-refractivity contribution in [2.24, 2.45) is 10.8 Å². The maximum Gasteiger partial charge on any atom is 0.248 e. The summed E-state index contributed by atoms with van der Waals surface area (Å²) in [6, 6.07) is 7.11. The van der Waals surface area contributed by atoms with Gasteiger partial charge in [0.05, 0.1) is 0 Å². The average Bonchev–Trinajstić information content (AvgIpc) is 3.00. The van der Waals surface area contributed by atoms with Crippen LogP contribution in [0.1, 0.15) is 108 Å². The monoisotopic (exact) mass is 672 g/mol. The zero-order chi connectivity index (χ0) is 36.9. The van der Waals surface area contributed by atoms with Gasteiger partial charge < -0.3 is 10.6 Å². The highest BCUT2D eigenvalue weighted by Crippen LogP contribution is 2.41. The van der Waals surface area contributed by atoms with Crippen molar-refractivity contribution in [2.45, 2.75) is 108 Å². The Morgan fingerprint density at radius 3 is 1.28 bits per heavy atom. The number of rotatable bonds is 12. The highest BCUT2D eigenvalue weighted by atomic mass is 16.2. The fraction of sp³-hybridized carbons (Fsp3) is 0.391. The van der Waals surface area contributed by atoms with Crippen LogP contribution in [-0.2, 0) is 9.59 Å². The summed E-state index contributed by atoms with van der Waals surface area (Å²) in [5.41, 5.74) is 11.7. The summed E-state index contributed by atoms with van der Waals surface area (Å²) >= 11 is 0. The van der Waals surface area contributed by atoms with Crippen LogP contribution in [0.3, 0.4) is 0 Å². The van der Waals surface area contributed by atoms with E-state index in [4.69, 9.17) is 0 Å². The molecule has 0 atom stereocenters. The van der Waals surface area contributed by atoms with E-state index in [0.717, 1.165) is 22.3 Å². The van der Waals surface area contributed by atoms with Gasteiger partial charge >= 0.3 is 0 Å². The second-order valence-electron chi connectivity index (χ2n) is 15.4. The first kappa shape index (κ1) is 40.0. The summed E-state index contributed by atoms with van der Waals surface area (Å²) in [4.78, 5) is 25.2. The number of allylic oxidation sites excluding steroid dienone is 18. The van der Waals surface area contributed by atoms with Gasteiger partial charge in [-0.25, -0.2) is 0 Å². The summed E-state index contributed by atoms with van der Waals surface area (Å²) in [7, 11) is 0. The molecule has 1 aromatic rings. The molecule has 0 radical (unpaired) electrons. The van der Waals surface area contributed by atoms with Crippen LogP contribution in [0, 0.1) is 10.8 Å². The molecule has 0 aromatic heterocycles. The van der Waals surface area contributed by atoms with Gasteiger partial charge in [0.1, 0.15) is 0 Å². The average molecular weight is 673 g/mol. The van der Waals surface area contributed by atoms with Gasteiger partial charge in [0, 0.05) is 23.5 Å². The number of amides is 2. The van der Waals surface area contributed by atoms with Crippen molar-refractivity contribution in [3.63, 3.8) is 0 Å². The highest BCUT2D eigenvalue weighted by Gasteiger charge is 2.27. The van der Waals surface area contributed by atoms with E-state index in [1.54, 1.807) is 36.4 Å². The van der Waals surface area contributed by atoms with Crippen molar-refractivity contribution in [3.05, 3.63) is 142 Å². The standard InChI is InChI=1S/C46H60N2O2/c1-33(21-27-41-37(5)19-13-29-45(41,7)8)15-11-17-35(3)31-43(49)47-39-23-25-40(26-24-39)48-44(50)32-36(4)18-12-16-34(2)22-28-42-38(6)20-14-30-46(42,9)10/h11-12,15-18,21-28,31-32H,13-14,19-20,29-30H2,1-10H3,(H,47,49)(H,48,50)/b17-11+,18-12+,27-21+,28-22+,33-15+,34-16+,35-31+,36-32+. The molecule has 1 aromatic carbocycles. The third-order valence-electron chi connectivity index (χ3n) is 9.68. The van der Waals surface area contributed by atoms with E-state index in [1.165, 1.54) is 60.8 Å². The van der Waals surface area contributed by atoms with Crippen molar-refractivity contribution >= 4 is 23.2 Å². The molecule has 0 saturated carbocycles. The minimum Gasteiger partial charge on any atom is -0.323 e. The molecule has 266 valence electrons. The van der Waals surface area contributed by atoms with Crippen molar-refractivity contribution in [1.82, 2.24) is 0 Å². The Morgan fingerprint density at radius 1 is 0.580 bits per heavy atom. The van der Waals surface area contributed by atoms with E-state index < -0.39 is 0 Å². The first-order valence-electron chi connectivity index (χ1n) is 18.1. The van der Waals surface area contributed by atoms with E-state index in [1.807, 2.05) is 38.2 Å². The molecule has 0 unspecified atom stereocenters. The Hall–Kier alpha value is -4.44. The molecule has 0 fully saturated rings. The van der Waals surface area contributed by atoms with Gasteiger partial charge in [-0.3, -0.25) is 9.59 Å². The zero-order valence-corrected chi connectivity index (χ0v) is 32.3. The van der Waals surface area contributed by atoms with E-state index in [9.17, 15) is 9.59 Å². The number of anilines is 2. The van der Waals surface area contributed by atoms with Crippen LogP contribution in [0.5, 0.6) is 0 Å². The van der Waals surface area contributed by atoms with Crippen molar-refractivity contribution in [2.75, 3.05) is 10.6 Å². The lowest BCUT2D eigenvalue weighted by Gasteiger charge is -2.33. The van der Waals surface area contributed by atoms with Crippen molar-refractivity contribution in [1.29, 1.82) is 0 Å². The van der Waals surface area contributed by atoms with Crippen LogP contribution >= 0.6 is 0 Å². The first-order chi connectivity index (χ1) is 23.6. The Balaban J connectivity index is 1.48. The van der Waals surface area contributed by atoms with Gasteiger partial charge in [0.15, 0.2) is 0 Å². The van der Waals surface area contributed by atoms with Gasteiger partial charge in [0.25, 0.3) is 0 Å². The van der Waals surface area contributed by atoms with E-state index in [-0.39, 0.29) is 22.6 Å². The number of nitrogens with one attached hydrogen (secondary N) is 2. The molecule has 50 heavy (non-hydrogen) atoms. The van der Waals surface area contributed by atoms with E-state index >= 15 is 0 Å². The minimum absolute atomic E-state index is 0.207. The van der Waals surface area contributed by atoms with Crippen LogP contribution in [0.25, 0.3) is 0 Å².